The van der Waals surface area contributed by atoms with E-state index in [0.29, 0.717) is 41.1 Å². The number of piperidine rings is 1. The lowest BCUT2D eigenvalue weighted by Gasteiger charge is -2.21. The van der Waals surface area contributed by atoms with Crippen LogP contribution in [0.4, 0.5) is 10.2 Å². The summed E-state index contributed by atoms with van der Waals surface area (Å²) in [4.78, 5) is 19.4. The Labute approximate surface area is 241 Å². The van der Waals surface area contributed by atoms with E-state index in [1.54, 1.807) is 30.8 Å². The summed E-state index contributed by atoms with van der Waals surface area (Å²) in [6.45, 7) is 5.56. The van der Waals surface area contributed by atoms with Crippen LogP contribution in [0.5, 0.6) is 5.75 Å². The number of benzene rings is 1. The standard InChI is InChI=1S/C30H28ClFN6O3/c1-30(2,40)16-41-19-8-20(28-18(9-33)11-36-38(28)13-19)17-6-7-26(34-10-17)37-14-22-21(23(22)15-37)12-35-29(39)27-24(31)4-3-5-25(27)32/h3-8,10-11,13,21-23,40H,12,14-16H2,1-2H3,(H,35,39)/t21?,22-,23+. The molecule has 1 saturated heterocycles. The average molecular weight is 575 g/mol. The van der Waals surface area contributed by atoms with E-state index in [4.69, 9.17) is 21.3 Å². The Morgan fingerprint density at radius 2 is 2.05 bits per heavy atom. The summed E-state index contributed by atoms with van der Waals surface area (Å²) in [6.07, 6.45) is 4.98. The van der Waals surface area contributed by atoms with Crippen LogP contribution in [-0.4, -0.2) is 57.5 Å². The van der Waals surface area contributed by atoms with Gasteiger partial charge in [0.2, 0.25) is 0 Å². The number of rotatable bonds is 8. The molecule has 9 nitrogen and oxygen atoms in total. The molecule has 3 atom stereocenters. The quantitative estimate of drug-likeness (QED) is 0.322. The van der Waals surface area contributed by atoms with Crippen molar-refractivity contribution in [1.29, 1.82) is 5.26 Å². The minimum atomic E-state index is -1.01. The number of aliphatic hydroxyl groups is 1. The smallest absolute Gasteiger partial charge is 0.255 e. The maximum atomic E-state index is 14.0. The number of nitrogens with one attached hydrogen (secondary N) is 1. The number of halogens is 2. The Hall–Kier alpha value is -4.20. The number of carbonyl (C=O) groups excluding carboxylic acids is 1. The van der Waals surface area contributed by atoms with Gasteiger partial charge in [-0.05, 0) is 61.9 Å². The fraction of sp³-hybridized carbons (Fsp3) is 0.333. The number of aromatic nitrogens is 3. The first kappa shape index (κ1) is 27.0. The summed E-state index contributed by atoms with van der Waals surface area (Å²) in [5.74, 6) is 1.45. The van der Waals surface area contributed by atoms with Gasteiger partial charge in [0.25, 0.3) is 5.91 Å². The van der Waals surface area contributed by atoms with E-state index in [1.165, 1.54) is 24.4 Å². The van der Waals surface area contributed by atoms with Crippen LogP contribution in [0.15, 0.2) is 55.0 Å². The van der Waals surface area contributed by atoms with Crippen LogP contribution in [0.25, 0.3) is 16.6 Å². The highest BCUT2D eigenvalue weighted by Gasteiger charge is 2.55. The van der Waals surface area contributed by atoms with E-state index >= 15 is 0 Å². The first-order valence-corrected chi connectivity index (χ1v) is 13.7. The van der Waals surface area contributed by atoms with Gasteiger partial charge in [-0.25, -0.2) is 13.9 Å². The molecule has 0 spiro atoms. The van der Waals surface area contributed by atoms with Gasteiger partial charge in [0.15, 0.2) is 0 Å². The Balaban J connectivity index is 1.12. The molecule has 2 N–H and O–H groups in total. The molecular weight excluding hydrogens is 547 g/mol. The molecule has 4 heterocycles. The summed E-state index contributed by atoms with van der Waals surface area (Å²) in [6, 6.07) is 12.2. The summed E-state index contributed by atoms with van der Waals surface area (Å²) in [7, 11) is 0. The number of nitrogens with zero attached hydrogens (tertiary/aromatic N) is 5. The highest BCUT2D eigenvalue weighted by Crippen LogP contribution is 2.52. The van der Waals surface area contributed by atoms with Crippen molar-refractivity contribution in [2.45, 2.75) is 19.4 Å². The third-order valence-electron chi connectivity index (χ3n) is 7.74. The number of hydrogen-bond donors (Lipinski definition) is 2. The van der Waals surface area contributed by atoms with Gasteiger partial charge in [-0.2, -0.15) is 10.4 Å². The number of amides is 1. The number of nitriles is 1. The van der Waals surface area contributed by atoms with Crippen LogP contribution in [0, 0.1) is 34.9 Å². The molecule has 11 heteroatoms. The van der Waals surface area contributed by atoms with E-state index in [2.05, 4.69) is 21.4 Å². The van der Waals surface area contributed by atoms with Gasteiger partial charge in [-0.1, -0.05) is 17.7 Å². The van der Waals surface area contributed by atoms with Crippen molar-refractivity contribution in [1.82, 2.24) is 19.9 Å². The van der Waals surface area contributed by atoms with Crippen LogP contribution in [-0.2, 0) is 0 Å². The third kappa shape index (κ3) is 5.31. The molecule has 0 radical (unpaired) electrons. The topological polar surface area (TPSA) is 116 Å². The maximum absolute atomic E-state index is 14.0. The molecule has 2 aliphatic rings. The number of carbonyl (C=O) groups is 1. The number of anilines is 1. The molecular formula is C30H28ClFN6O3. The van der Waals surface area contributed by atoms with Crippen LogP contribution in [0.3, 0.4) is 0 Å². The third-order valence-corrected chi connectivity index (χ3v) is 8.06. The normalized spacial score (nSPS) is 19.6. The van der Waals surface area contributed by atoms with Crippen molar-refractivity contribution in [2.24, 2.45) is 17.8 Å². The van der Waals surface area contributed by atoms with Crippen molar-refractivity contribution in [3.63, 3.8) is 0 Å². The fourth-order valence-electron chi connectivity index (χ4n) is 5.62. The van der Waals surface area contributed by atoms with Gasteiger partial charge in [0, 0.05) is 37.0 Å². The molecule has 1 aliphatic carbocycles. The van der Waals surface area contributed by atoms with E-state index in [9.17, 15) is 19.6 Å². The van der Waals surface area contributed by atoms with Crippen molar-refractivity contribution in [3.8, 4) is 22.9 Å². The molecule has 1 saturated carbocycles. The van der Waals surface area contributed by atoms with E-state index < -0.39 is 17.3 Å². The van der Waals surface area contributed by atoms with Gasteiger partial charge < -0.3 is 20.1 Å². The lowest BCUT2D eigenvalue weighted by molar-refractivity contribution is 0.0283. The molecule has 1 aromatic carbocycles. The predicted octanol–water partition coefficient (Wildman–Crippen LogP) is 4.32. The molecule has 1 unspecified atom stereocenters. The monoisotopic (exact) mass is 574 g/mol. The Bertz CT molecular complexity index is 1640. The van der Waals surface area contributed by atoms with Crippen LogP contribution in [0.1, 0.15) is 29.8 Å². The number of pyridine rings is 2. The average Bonchev–Trinajstić information content (AvgIpc) is 3.25. The van der Waals surface area contributed by atoms with E-state index in [0.717, 1.165) is 30.0 Å². The molecule has 3 aromatic heterocycles. The fourth-order valence-corrected chi connectivity index (χ4v) is 5.87. The second kappa shape index (κ2) is 10.3. The van der Waals surface area contributed by atoms with Gasteiger partial charge in [-0.3, -0.25) is 4.79 Å². The second-order valence-corrected chi connectivity index (χ2v) is 11.7. The Morgan fingerprint density at radius 3 is 2.71 bits per heavy atom. The molecule has 2 fully saturated rings. The van der Waals surface area contributed by atoms with Crippen LogP contribution >= 0.6 is 11.6 Å². The summed E-state index contributed by atoms with van der Waals surface area (Å²) >= 11 is 6.02. The Morgan fingerprint density at radius 1 is 1.27 bits per heavy atom. The molecule has 41 heavy (non-hydrogen) atoms. The zero-order chi connectivity index (χ0) is 28.9. The summed E-state index contributed by atoms with van der Waals surface area (Å²) in [5, 5.41) is 27.0. The first-order valence-electron chi connectivity index (χ1n) is 13.3. The zero-order valence-electron chi connectivity index (χ0n) is 22.5. The summed E-state index contributed by atoms with van der Waals surface area (Å²) < 4.78 is 21.5. The lowest BCUT2D eigenvalue weighted by atomic mass is 10.1. The van der Waals surface area contributed by atoms with Gasteiger partial charge >= 0.3 is 0 Å². The number of ether oxygens (including phenoxy) is 1. The summed E-state index contributed by atoms with van der Waals surface area (Å²) in [5.41, 5.74) is 1.53. The minimum absolute atomic E-state index is 0.0976. The zero-order valence-corrected chi connectivity index (χ0v) is 23.3. The molecule has 0 bridgehead atoms. The SMILES string of the molecule is CC(C)(O)COc1cc(-c2ccc(N3C[C@@H]4C(CNC(=O)c5c(F)cccc5Cl)[C@@H]4C3)nc2)c2c(C#N)cnn2c1. The maximum Gasteiger partial charge on any atom is 0.255 e. The van der Waals surface area contributed by atoms with Crippen LogP contribution in [0.2, 0.25) is 5.02 Å². The molecule has 1 aliphatic heterocycles. The highest BCUT2D eigenvalue weighted by atomic mass is 35.5. The van der Waals surface area contributed by atoms with Crippen molar-refractivity contribution in [2.75, 3.05) is 31.1 Å². The van der Waals surface area contributed by atoms with Gasteiger partial charge in [-0.15, -0.1) is 0 Å². The van der Waals surface area contributed by atoms with Crippen molar-refractivity contribution in [3.05, 3.63) is 77.0 Å². The van der Waals surface area contributed by atoms with Gasteiger partial charge in [0.05, 0.1) is 39.7 Å². The highest BCUT2D eigenvalue weighted by molar-refractivity contribution is 6.33. The Kier molecular flexibility index (Phi) is 6.80. The first-order chi connectivity index (χ1) is 19.6. The number of fused-ring (bicyclic) bond motifs is 2. The molecule has 4 aromatic rings. The van der Waals surface area contributed by atoms with Crippen LogP contribution < -0.4 is 15.0 Å². The van der Waals surface area contributed by atoms with E-state index in [-0.39, 0.29) is 17.2 Å². The van der Waals surface area contributed by atoms with Crippen molar-refractivity contribution < 1.29 is 19.0 Å². The largest absolute Gasteiger partial charge is 0.489 e. The molecule has 6 rings (SSSR count). The molecule has 1 amide bonds. The number of hydrogen-bond acceptors (Lipinski definition) is 7. The predicted molar refractivity (Wildman–Crippen MR) is 151 cm³/mol. The minimum Gasteiger partial charge on any atom is -0.489 e. The van der Waals surface area contributed by atoms with Crippen molar-refractivity contribution >= 4 is 28.8 Å². The van der Waals surface area contributed by atoms with Gasteiger partial charge in [0.1, 0.15) is 30.1 Å². The second-order valence-electron chi connectivity index (χ2n) is 11.3. The van der Waals surface area contributed by atoms with E-state index in [1.807, 2.05) is 18.2 Å². The lowest BCUT2D eigenvalue weighted by Crippen LogP contribution is -2.31. The molecule has 210 valence electrons.